The zero-order valence-electron chi connectivity index (χ0n) is 17.0. The Balaban J connectivity index is 2.14. The number of carbonyl (C=O) groups excluding carboxylic acids is 2. The van der Waals surface area contributed by atoms with Gasteiger partial charge in [-0.15, -0.1) is 0 Å². The predicted octanol–water partition coefficient (Wildman–Crippen LogP) is 5.26. The minimum atomic E-state index is -0.595. The Bertz CT molecular complexity index is 826. The molecule has 4 nitrogen and oxygen atoms in total. The Hall–Kier alpha value is -2.04. The van der Waals surface area contributed by atoms with E-state index in [2.05, 4.69) is 12.2 Å². The third-order valence-corrected chi connectivity index (χ3v) is 5.60. The summed E-state index contributed by atoms with van der Waals surface area (Å²) < 4.78 is 0. The highest BCUT2D eigenvalue weighted by molar-refractivity contribution is 6.31. The zero-order valence-corrected chi connectivity index (χ0v) is 18.5. The minimum Gasteiger partial charge on any atom is -0.354 e. The summed E-state index contributed by atoms with van der Waals surface area (Å²) in [5.74, 6) is -0.264. The molecule has 2 aromatic carbocycles. The Labute approximate surface area is 183 Å². The van der Waals surface area contributed by atoms with Crippen LogP contribution >= 0.6 is 23.2 Å². The van der Waals surface area contributed by atoms with Crippen molar-refractivity contribution in [1.82, 2.24) is 10.2 Å². The van der Waals surface area contributed by atoms with Crippen molar-refractivity contribution < 1.29 is 9.59 Å². The van der Waals surface area contributed by atoms with Gasteiger partial charge in [0.05, 0.1) is 0 Å². The second-order valence-electron chi connectivity index (χ2n) is 7.03. The van der Waals surface area contributed by atoms with Crippen LogP contribution in [0.1, 0.15) is 44.2 Å². The van der Waals surface area contributed by atoms with Crippen molar-refractivity contribution in [2.24, 2.45) is 0 Å². The van der Waals surface area contributed by atoms with Crippen LogP contribution in [-0.2, 0) is 22.6 Å². The van der Waals surface area contributed by atoms with E-state index < -0.39 is 6.04 Å². The van der Waals surface area contributed by atoms with E-state index in [1.165, 1.54) is 0 Å². The second-order valence-corrected chi connectivity index (χ2v) is 7.84. The highest BCUT2D eigenvalue weighted by Gasteiger charge is 2.26. The highest BCUT2D eigenvalue weighted by Crippen LogP contribution is 2.21. The summed E-state index contributed by atoms with van der Waals surface area (Å²) in [6.07, 6.45) is 2.68. The maximum absolute atomic E-state index is 13.1. The topological polar surface area (TPSA) is 49.4 Å². The molecule has 0 aliphatic heterocycles. The lowest BCUT2D eigenvalue weighted by atomic mass is 10.1. The first kappa shape index (κ1) is 23.2. The van der Waals surface area contributed by atoms with Crippen LogP contribution in [0.5, 0.6) is 0 Å². The fourth-order valence-corrected chi connectivity index (χ4v) is 3.44. The van der Waals surface area contributed by atoms with Crippen LogP contribution in [0, 0.1) is 0 Å². The average molecular weight is 435 g/mol. The molecule has 2 amide bonds. The third-order valence-electron chi connectivity index (χ3n) is 4.86. The lowest BCUT2D eigenvalue weighted by Crippen LogP contribution is -2.47. The molecule has 0 spiro atoms. The van der Waals surface area contributed by atoms with Crippen LogP contribution in [0.25, 0.3) is 0 Å². The number of amides is 2. The average Bonchev–Trinajstić information content (AvgIpc) is 2.72. The van der Waals surface area contributed by atoms with Gasteiger partial charge in [-0.25, -0.2) is 0 Å². The van der Waals surface area contributed by atoms with Gasteiger partial charge in [-0.3, -0.25) is 9.59 Å². The van der Waals surface area contributed by atoms with E-state index in [9.17, 15) is 9.59 Å². The van der Waals surface area contributed by atoms with E-state index in [-0.39, 0.29) is 24.8 Å². The summed E-state index contributed by atoms with van der Waals surface area (Å²) >= 11 is 12.5. The Morgan fingerprint density at radius 2 is 1.59 bits per heavy atom. The van der Waals surface area contributed by atoms with Gasteiger partial charge in [0.2, 0.25) is 11.8 Å². The summed E-state index contributed by atoms with van der Waals surface area (Å²) in [7, 11) is 0. The molecule has 1 atom stereocenters. The fraction of sp³-hybridized carbons (Fsp3) is 0.391. The molecule has 0 bridgehead atoms. The summed E-state index contributed by atoms with van der Waals surface area (Å²) in [6.45, 7) is 4.71. The number of rotatable bonds is 10. The number of benzene rings is 2. The molecule has 0 aliphatic carbocycles. The smallest absolute Gasteiger partial charge is 0.242 e. The molecule has 0 heterocycles. The first-order valence-corrected chi connectivity index (χ1v) is 10.7. The van der Waals surface area contributed by atoms with Gasteiger partial charge in [0.25, 0.3) is 0 Å². The molecule has 29 heavy (non-hydrogen) atoms. The molecule has 0 radical (unpaired) electrons. The van der Waals surface area contributed by atoms with Gasteiger partial charge in [-0.05, 0) is 43.0 Å². The molecule has 0 saturated heterocycles. The van der Waals surface area contributed by atoms with Crippen LogP contribution in [-0.4, -0.2) is 29.3 Å². The van der Waals surface area contributed by atoms with E-state index in [0.717, 1.165) is 24.0 Å². The van der Waals surface area contributed by atoms with E-state index >= 15 is 0 Å². The van der Waals surface area contributed by atoms with Gasteiger partial charge in [0.15, 0.2) is 0 Å². The maximum Gasteiger partial charge on any atom is 0.242 e. The van der Waals surface area contributed by atoms with Crippen molar-refractivity contribution in [2.45, 2.75) is 52.1 Å². The Morgan fingerprint density at radius 3 is 2.17 bits per heavy atom. The molecular formula is C23H28Cl2N2O2. The summed E-state index contributed by atoms with van der Waals surface area (Å²) in [6, 6.07) is 14.3. The number of halogens is 2. The summed E-state index contributed by atoms with van der Waals surface area (Å²) in [4.78, 5) is 27.3. The van der Waals surface area contributed by atoms with Crippen LogP contribution in [0.15, 0.2) is 48.5 Å². The molecule has 0 aromatic heterocycles. The molecule has 1 N–H and O–H groups in total. The van der Waals surface area contributed by atoms with Crippen LogP contribution < -0.4 is 5.32 Å². The van der Waals surface area contributed by atoms with Crippen molar-refractivity contribution in [1.29, 1.82) is 0 Å². The van der Waals surface area contributed by atoms with Crippen molar-refractivity contribution in [3.05, 3.63) is 69.7 Å². The molecule has 0 aliphatic rings. The van der Waals surface area contributed by atoms with E-state index in [1.807, 2.05) is 42.5 Å². The molecule has 2 aromatic rings. The van der Waals surface area contributed by atoms with Gasteiger partial charge in [-0.1, -0.05) is 72.9 Å². The number of nitrogens with zero attached hydrogens (tertiary/aromatic N) is 1. The van der Waals surface area contributed by atoms with E-state index in [1.54, 1.807) is 17.9 Å². The molecule has 156 valence electrons. The molecule has 2 rings (SSSR count). The lowest BCUT2D eigenvalue weighted by molar-refractivity contribution is -0.140. The predicted molar refractivity (Wildman–Crippen MR) is 119 cm³/mol. The van der Waals surface area contributed by atoms with Crippen molar-refractivity contribution in [2.75, 3.05) is 6.54 Å². The largest absolute Gasteiger partial charge is 0.354 e. The van der Waals surface area contributed by atoms with Crippen molar-refractivity contribution in [3.63, 3.8) is 0 Å². The van der Waals surface area contributed by atoms with Gasteiger partial charge in [0.1, 0.15) is 6.04 Å². The Morgan fingerprint density at radius 1 is 1.00 bits per heavy atom. The normalized spacial score (nSPS) is 11.7. The fourth-order valence-electron chi connectivity index (χ4n) is 3.02. The molecule has 6 heteroatoms. The number of aryl methyl sites for hydroxylation is 1. The van der Waals surface area contributed by atoms with Gasteiger partial charge in [0, 0.05) is 29.6 Å². The second kappa shape index (κ2) is 11.8. The van der Waals surface area contributed by atoms with Crippen LogP contribution in [0.3, 0.4) is 0 Å². The molecule has 0 saturated carbocycles. The highest BCUT2D eigenvalue weighted by atomic mass is 35.5. The number of carbonyl (C=O) groups is 2. The van der Waals surface area contributed by atoms with Crippen molar-refractivity contribution >= 4 is 35.0 Å². The van der Waals surface area contributed by atoms with Gasteiger partial charge >= 0.3 is 0 Å². The first-order chi connectivity index (χ1) is 13.9. The van der Waals surface area contributed by atoms with E-state index in [0.29, 0.717) is 23.0 Å². The van der Waals surface area contributed by atoms with Crippen LogP contribution in [0.4, 0.5) is 0 Å². The van der Waals surface area contributed by atoms with Crippen LogP contribution in [0.2, 0.25) is 10.0 Å². The SMILES string of the molecule is CCCCNC(=O)C(C)N(Cc1ccccc1Cl)C(=O)CCc1ccccc1Cl. The van der Waals surface area contributed by atoms with E-state index in [4.69, 9.17) is 23.2 Å². The molecule has 1 unspecified atom stereocenters. The minimum absolute atomic E-state index is 0.108. The quantitative estimate of drug-likeness (QED) is 0.518. The standard InChI is InChI=1S/C23H28Cl2N2O2/c1-3-4-15-26-23(29)17(2)27(16-19-10-6-8-12-21(19)25)22(28)14-13-18-9-5-7-11-20(18)24/h5-12,17H,3-4,13-16H2,1-2H3,(H,26,29). The molecular weight excluding hydrogens is 407 g/mol. The van der Waals surface area contributed by atoms with Crippen molar-refractivity contribution in [3.8, 4) is 0 Å². The van der Waals surface area contributed by atoms with Gasteiger partial charge in [-0.2, -0.15) is 0 Å². The Kier molecular flexibility index (Phi) is 9.49. The first-order valence-electron chi connectivity index (χ1n) is 9.98. The molecule has 0 fully saturated rings. The third kappa shape index (κ3) is 7.06. The summed E-state index contributed by atoms with van der Waals surface area (Å²) in [5.41, 5.74) is 1.73. The number of unbranched alkanes of at least 4 members (excludes halogenated alkanes) is 1. The zero-order chi connectivity index (χ0) is 21.2. The number of hydrogen-bond acceptors (Lipinski definition) is 2. The summed E-state index contributed by atoms with van der Waals surface area (Å²) in [5, 5.41) is 4.14. The number of hydrogen-bond donors (Lipinski definition) is 1. The monoisotopic (exact) mass is 434 g/mol. The lowest BCUT2D eigenvalue weighted by Gasteiger charge is -2.29. The number of nitrogens with one attached hydrogen (secondary N) is 1. The maximum atomic E-state index is 13.1. The van der Waals surface area contributed by atoms with Gasteiger partial charge < -0.3 is 10.2 Å².